The highest BCUT2D eigenvalue weighted by atomic mass is 16.6. The Morgan fingerprint density at radius 1 is 0.912 bits per heavy atom. The summed E-state index contributed by atoms with van der Waals surface area (Å²) in [6.07, 6.45) is -5.93. The Balaban J connectivity index is 1.93. The van der Waals surface area contributed by atoms with Crippen LogP contribution >= 0.6 is 0 Å². The van der Waals surface area contributed by atoms with Crippen molar-refractivity contribution in [2.75, 3.05) is 13.7 Å². The number of rotatable bonds is 9. The zero-order chi connectivity index (χ0) is 24.5. The molecule has 0 aliphatic carbocycles. The number of nitrogens with zero attached hydrogens (tertiary/aromatic N) is 3. The average molecular weight is 467 g/mol. The van der Waals surface area contributed by atoms with Crippen LogP contribution in [0, 0.1) is 0 Å². The molecule has 1 fully saturated rings. The minimum Gasteiger partial charge on any atom is -0.469 e. The first kappa shape index (κ1) is 24.4. The number of ether oxygens (including phenoxy) is 4. The monoisotopic (exact) mass is 467 g/mol. The van der Waals surface area contributed by atoms with Crippen molar-refractivity contribution in [3.8, 4) is 0 Å². The minimum absolute atomic E-state index is 0.188. The van der Waals surface area contributed by atoms with Crippen LogP contribution in [0.1, 0.15) is 27.1 Å². The fourth-order valence-electron chi connectivity index (χ4n) is 3.37. The van der Waals surface area contributed by atoms with Gasteiger partial charge in [-0.3, -0.25) is 9.59 Å². The van der Waals surface area contributed by atoms with E-state index >= 15 is 0 Å². The van der Waals surface area contributed by atoms with Gasteiger partial charge in [-0.1, -0.05) is 41.5 Å². The molecule has 0 unspecified atom stereocenters. The van der Waals surface area contributed by atoms with E-state index in [0.717, 1.165) is 7.11 Å². The van der Waals surface area contributed by atoms with Crippen LogP contribution in [-0.4, -0.2) is 61.8 Å². The molecule has 0 N–H and O–H groups in total. The van der Waals surface area contributed by atoms with Crippen molar-refractivity contribution in [2.24, 2.45) is 5.11 Å². The predicted octanol–water partition coefficient (Wildman–Crippen LogP) is 2.65. The van der Waals surface area contributed by atoms with Gasteiger partial charge in [-0.15, -0.1) is 0 Å². The van der Waals surface area contributed by atoms with E-state index in [9.17, 15) is 19.2 Å². The molecule has 34 heavy (non-hydrogen) atoms. The smallest absolute Gasteiger partial charge is 0.338 e. The lowest BCUT2D eigenvalue weighted by Crippen LogP contribution is -2.43. The molecule has 0 saturated carbocycles. The van der Waals surface area contributed by atoms with E-state index in [4.69, 9.17) is 19.7 Å². The molecule has 2 aromatic rings. The molecule has 0 aromatic heterocycles. The zero-order valence-corrected chi connectivity index (χ0v) is 18.1. The van der Waals surface area contributed by atoms with Crippen LogP contribution in [-0.2, 0) is 28.5 Å². The third-order valence-electron chi connectivity index (χ3n) is 5.00. The number of azide groups is 1. The van der Waals surface area contributed by atoms with E-state index in [-0.39, 0.29) is 17.7 Å². The molecule has 1 aliphatic rings. The van der Waals surface area contributed by atoms with Gasteiger partial charge in [0.15, 0.2) is 24.1 Å². The van der Waals surface area contributed by atoms with Crippen LogP contribution in [0.4, 0.5) is 0 Å². The van der Waals surface area contributed by atoms with E-state index in [2.05, 4.69) is 14.8 Å². The van der Waals surface area contributed by atoms with E-state index < -0.39 is 54.5 Å². The Kier molecular flexibility index (Phi) is 8.33. The Morgan fingerprint density at radius 2 is 1.44 bits per heavy atom. The van der Waals surface area contributed by atoms with Gasteiger partial charge in [0, 0.05) is 4.91 Å². The highest BCUT2D eigenvalue weighted by molar-refractivity contribution is 5.99. The number of carbonyl (C=O) groups is 4. The molecule has 3 rings (SSSR count). The quantitative estimate of drug-likeness (QED) is 0.136. The van der Waals surface area contributed by atoms with Gasteiger partial charge in [-0.05, 0) is 29.8 Å². The first-order valence-electron chi connectivity index (χ1n) is 10.2. The summed E-state index contributed by atoms with van der Waals surface area (Å²) in [4.78, 5) is 52.7. The van der Waals surface area contributed by atoms with Gasteiger partial charge >= 0.3 is 17.9 Å². The number of carbonyl (C=O) groups excluding carboxylic acids is 4. The predicted molar refractivity (Wildman–Crippen MR) is 116 cm³/mol. The van der Waals surface area contributed by atoms with Crippen molar-refractivity contribution in [1.82, 2.24) is 0 Å². The molecule has 2 aromatic carbocycles. The van der Waals surface area contributed by atoms with Crippen LogP contribution in [0.5, 0.6) is 0 Å². The van der Waals surface area contributed by atoms with Gasteiger partial charge in [0.05, 0.1) is 24.8 Å². The molecule has 0 amide bonds. The lowest BCUT2D eigenvalue weighted by atomic mass is 10.0. The van der Waals surface area contributed by atoms with Crippen molar-refractivity contribution >= 4 is 23.7 Å². The molecule has 4 atom stereocenters. The second kappa shape index (κ2) is 11.6. The summed E-state index contributed by atoms with van der Waals surface area (Å²) in [5, 5.41) is 3.45. The zero-order valence-electron chi connectivity index (χ0n) is 18.1. The SMILES string of the molecule is COC(=O)CC(=O)[C@@H]1O[C@H](CN=[N+]=[N-])[C@@H](OC(=O)c2ccccc2)[C@H]1OC(=O)c1ccccc1. The van der Waals surface area contributed by atoms with Gasteiger partial charge in [0.1, 0.15) is 12.5 Å². The summed E-state index contributed by atoms with van der Waals surface area (Å²) in [6, 6.07) is 16.0. The Labute approximate surface area is 194 Å². The number of ketones is 1. The summed E-state index contributed by atoms with van der Waals surface area (Å²) in [5.41, 5.74) is 9.14. The van der Waals surface area contributed by atoms with Crippen molar-refractivity contribution in [2.45, 2.75) is 30.8 Å². The van der Waals surface area contributed by atoms with Crippen LogP contribution in [0.25, 0.3) is 10.4 Å². The van der Waals surface area contributed by atoms with E-state index in [1.165, 1.54) is 24.3 Å². The molecule has 0 radical (unpaired) electrons. The lowest BCUT2D eigenvalue weighted by Gasteiger charge is -2.24. The Morgan fingerprint density at radius 3 is 1.94 bits per heavy atom. The van der Waals surface area contributed by atoms with Gasteiger partial charge < -0.3 is 18.9 Å². The summed E-state index contributed by atoms with van der Waals surface area (Å²) in [7, 11) is 1.12. The van der Waals surface area contributed by atoms with Gasteiger partial charge in [-0.2, -0.15) is 0 Å². The maximum Gasteiger partial charge on any atom is 0.338 e. The lowest BCUT2D eigenvalue weighted by molar-refractivity contribution is -0.147. The molecule has 176 valence electrons. The van der Waals surface area contributed by atoms with Crippen LogP contribution in [0.3, 0.4) is 0 Å². The van der Waals surface area contributed by atoms with Crippen molar-refractivity contribution in [3.05, 3.63) is 82.2 Å². The summed E-state index contributed by atoms with van der Waals surface area (Å²) in [5.74, 6) is -3.13. The second-order valence-electron chi connectivity index (χ2n) is 7.20. The van der Waals surface area contributed by atoms with Gasteiger partial charge in [-0.25, -0.2) is 9.59 Å². The Bertz CT molecular complexity index is 1090. The van der Waals surface area contributed by atoms with E-state index in [0.29, 0.717) is 0 Å². The maximum absolute atomic E-state index is 12.8. The molecule has 0 bridgehead atoms. The summed E-state index contributed by atoms with van der Waals surface area (Å²) in [6.45, 7) is -0.315. The molecular weight excluding hydrogens is 446 g/mol. The fraction of sp³-hybridized carbons (Fsp3) is 0.304. The number of benzene rings is 2. The van der Waals surface area contributed by atoms with E-state index in [1.54, 1.807) is 36.4 Å². The molecule has 1 heterocycles. The molecule has 1 saturated heterocycles. The largest absolute Gasteiger partial charge is 0.469 e. The highest BCUT2D eigenvalue weighted by Gasteiger charge is 2.52. The molecule has 1 aliphatic heterocycles. The van der Waals surface area contributed by atoms with Gasteiger partial charge in [0.25, 0.3) is 0 Å². The number of esters is 3. The van der Waals surface area contributed by atoms with Crippen molar-refractivity contribution in [1.29, 1.82) is 0 Å². The summed E-state index contributed by atoms with van der Waals surface area (Å²) >= 11 is 0. The number of methoxy groups -OCH3 is 1. The highest BCUT2D eigenvalue weighted by Crippen LogP contribution is 2.30. The average Bonchev–Trinajstić information content (AvgIpc) is 3.20. The first-order valence-corrected chi connectivity index (χ1v) is 10.2. The molecule has 11 nitrogen and oxygen atoms in total. The fourth-order valence-corrected chi connectivity index (χ4v) is 3.37. The normalized spacial score (nSPS) is 21.1. The standard InChI is InChI=1S/C23H21N3O8/c1-31-18(28)12-16(27)19-21(34-23(30)15-10-6-3-7-11-15)20(17(32-19)13-25-26-24)33-22(29)14-8-4-2-5-9-14/h2-11,17,19-21H,12-13H2,1H3/t17-,19+,20-,21+/m1/s1. The molecule has 0 spiro atoms. The minimum atomic E-state index is -1.46. The Hall–Kier alpha value is -4.21. The third kappa shape index (κ3) is 5.97. The topological polar surface area (TPSA) is 154 Å². The number of Topliss-reactive ketones (excluding diaryl/α,β-unsaturated/α-hetero) is 1. The van der Waals surface area contributed by atoms with Crippen LogP contribution < -0.4 is 0 Å². The first-order chi connectivity index (χ1) is 16.4. The number of hydrogen-bond acceptors (Lipinski definition) is 9. The summed E-state index contributed by atoms with van der Waals surface area (Å²) < 4.78 is 21.4. The van der Waals surface area contributed by atoms with Gasteiger partial charge in [0.2, 0.25) is 0 Å². The third-order valence-corrected chi connectivity index (χ3v) is 5.00. The van der Waals surface area contributed by atoms with Crippen molar-refractivity contribution < 1.29 is 38.1 Å². The molecular formula is C23H21N3O8. The van der Waals surface area contributed by atoms with E-state index in [1.807, 2.05) is 0 Å². The maximum atomic E-state index is 12.8. The number of hydrogen-bond donors (Lipinski definition) is 0. The van der Waals surface area contributed by atoms with Crippen molar-refractivity contribution in [3.63, 3.8) is 0 Å². The second-order valence-corrected chi connectivity index (χ2v) is 7.20. The van der Waals surface area contributed by atoms with Crippen LogP contribution in [0.2, 0.25) is 0 Å². The molecule has 11 heteroatoms. The van der Waals surface area contributed by atoms with Crippen LogP contribution in [0.15, 0.2) is 65.8 Å².